The van der Waals surface area contributed by atoms with Gasteiger partial charge in [-0.25, -0.2) is 4.98 Å². The molecular formula is C12H17Cl3N2O2. The third-order valence-corrected chi connectivity index (χ3v) is 3.12. The largest absolute Gasteiger partial charge is 0.460 e. The Bertz CT molecular complexity index is 409. The van der Waals surface area contributed by atoms with E-state index in [0.717, 1.165) is 6.42 Å². The van der Waals surface area contributed by atoms with Crippen molar-refractivity contribution in [1.29, 1.82) is 0 Å². The molecule has 0 aliphatic rings. The molecule has 1 aromatic rings. The summed E-state index contributed by atoms with van der Waals surface area (Å²) in [6.45, 7) is 3.97. The first-order chi connectivity index (χ1) is 8.43. The molecule has 0 radical (unpaired) electrons. The van der Waals surface area contributed by atoms with Gasteiger partial charge in [0.15, 0.2) is 0 Å². The molecule has 1 aromatic heterocycles. The molecule has 2 atom stereocenters. The van der Waals surface area contributed by atoms with E-state index in [1.165, 1.54) is 0 Å². The van der Waals surface area contributed by atoms with Gasteiger partial charge in [-0.2, -0.15) is 0 Å². The van der Waals surface area contributed by atoms with Gasteiger partial charge in [-0.3, -0.25) is 4.79 Å². The smallest absolute Gasteiger partial charge is 0.323 e. The normalized spacial score (nSPS) is 13.3. The number of carbonyl (C=O) groups excluding carboxylic acids is 1. The fraction of sp³-hybridized carbons (Fsp3) is 0.500. The Morgan fingerprint density at radius 2 is 1.95 bits per heavy atom. The lowest BCUT2D eigenvalue weighted by molar-refractivity contribution is -0.147. The highest BCUT2D eigenvalue weighted by Gasteiger charge is 2.20. The van der Waals surface area contributed by atoms with Crippen molar-refractivity contribution in [2.45, 2.75) is 32.9 Å². The quantitative estimate of drug-likeness (QED) is 0.666. The number of pyridine rings is 1. The van der Waals surface area contributed by atoms with Crippen LogP contribution in [-0.2, 0) is 16.1 Å². The first-order valence-electron chi connectivity index (χ1n) is 5.68. The lowest BCUT2D eigenvalue weighted by Gasteiger charge is -2.16. The molecule has 1 heterocycles. The third-order valence-electron chi connectivity index (χ3n) is 2.73. The molecule has 0 fully saturated rings. The Balaban J connectivity index is 0.00000324. The number of nitrogens with zero attached hydrogens (tertiary/aromatic N) is 1. The Labute approximate surface area is 129 Å². The first-order valence-corrected chi connectivity index (χ1v) is 6.43. The highest BCUT2D eigenvalue weighted by atomic mass is 35.5. The summed E-state index contributed by atoms with van der Waals surface area (Å²) in [6, 6.07) is 2.58. The number of rotatable bonds is 5. The van der Waals surface area contributed by atoms with Crippen LogP contribution < -0.4 is 5.73 Å². The number of halogens is 3. The van der Waals surface area contributed by atoms with Crippen LogP contribution in [0.5, 0.6) is 0 Å². The summed E-state index contributed by atoms with van der Waals surface area (Å²) in [5, 5.41) is 0.527. The summed E-state index contributed by atoms with van der Waals surface area (Å²) in [4.78, 5) is 15.5. The van der Waals surface area contributed by atoms with Gasteiger partial charge in [-0.1, -0.05) is 43.5 Å². The number of carbonyl (C=O) groups is 1. The number of hydrogen-bond donors (Lipinski definition) is 1. The molecule has 0 saturated carbocycles. The SMILES string of the molecule is CC[C@H](C)[C@H](N)C(=O)OCc1cc(Cl)nc(Cl)c1.Cl. The van der Waals surface area contributed by atoms with E-state index in [0.29, 0.717) is 5.56 Å². The topological polar surface area (TPSA) is 65.2 Å². The van der Waals surface area contributed by atoms with Crippen molar-refractivity contribution in [3.63, 3.8) is 0 Å². The minimum absolute atomic E-state index is 0. The molecule has 0 spiro atoms. The summed E-state index contributed by atoms with van der Waals surface area (Å²) in [5.41, 5.74) is 6.44. The maximum absolute atomic E-state index is 11.7. The van der Waals surface area contributed by atoms with E-state index >= 15 is 0 Å². The Kier molecular flexibility index (Phi) is 8.34. The molecule has 0 aromatic carbocycles. The van der Waals surface area contributed by atoms with Crippen LogP contribution in [0.1, 0.15) is 25.8 Å². The molecule has 2 N–H and O–H groups in total. The predicted molar refractivity (Wildman–Crippen MR) is 78.7 cm³/mol. The summed E-state index contributed by atoms with van der Waals surface area (Å²) < 4.78 is 5.11. The minimum Gasteiger partial charge on any atom is -0.460 e. The van der Waals surface area contributed by atoms with E-state index < -0.39 is 12.0 Å². The van der Waals surface area contributed by atoms with Crippen LogP contribution in [0, 0.1) is 5.92 Å². The molecule has 108 valence electrons. The van der Waals surface area contributed by atoms with Gasteiger partial charge in [-0.15, -0.1) is 12.4 Å². The van der Waals surface area contributed by atoms with Gasteiger partial charge in [0.25, 0.3) is 0 Å². The molecule has 0 amide bonds. The number of esters is 1. The molecule has 0 saturated heterocycles. The van der Waals surface area contributed by atoms with E-state index in [9.17, 15) is 4.79 Å². The second-order valence-electron chi connectivity index (χ2n) is 4.14. The molecule has 0 unspecified atom stereocenters. The van der Waals surface area contributed by atoms with Gasteiger partial charge >= 0.3 is 5.97 Å². The molecule has 4 nitrogen and oxygen atoms in total. The summed E-state index contributed by atoms with van der Waals surface area (Å²) in [5.74, 6) is -0.337. The standard InChI is InChI=1S/C12H16Cl2N2O2.ClH/c1-3-7(2)11(15)12(17)18-6-8-4-9(13)16-10(14)5-8;/h4-5,7,11H,3,6,15H2,1-2H3;1H/t7-,11-;/m0./s1. The van der Waals surface area contributed by atoms with Crippen LogP contribution >= 0.6 is 35.6 Å². The molecule has 1 rings (SSSR count). The number of aromatic nitrogens is 1. The lowest BCUT2D eigenvalue weighted by atomic mass is 10.0. The van der Waals surface area contributed by atoms with E-state index in [1.807, 2.05) is 13.8 Å². The van der Waals surface area contributed by atoms with E-state index in [-0.39, 0.29) is 35.2 Å². The maximum Gasteiger partial charge on any atom is 0.323 e. The van der Waals surface area contributed by atoms with Gasteiger partial charge in [0.1, 0.15) is 23.0 Å². The molecule has 7 heteroatoms. The highest BCUT2D eigenvalue weighted by Crippen LogP contribution is 2.16. The van der Waals surface area contributed by atoms with Gasteiger partial charge in [0, 0.05) is 0 Å². The van der Waals surface area contributed by atoms with Crippen molar-refractivity contribution in [1.82, 2.24) is 4.98 Å². The van der Waals surface area contributed by atoms with Crippen LogP contribution in [0.3, 0.4) is 0 Å². The fourth-order valence-corrected chi connectivity index (χ4v) is 1.84. The zero-order valence-electron chi connectivity index (χ0n) is 10.7. The Morgan fingerprint density at radius 3 is 2.42 bits per heavy atom. The molecule has 0 bridgehead atoms. The average molecular weight is 328 g/mol. The summed E-state index contributed by atoms with van der Waals surface area (Å²) in [6.07, 6.45) is 0.823. The maximum atomic E-state index is 11.7. The van der Waals surface area contributed by atoms with E-state index in [4.69, 9.17) is 33.7 Å². The molecule has 0 aliphatic heterocycles. The van der Waals surface area contributed by atoms with Crippen molar-refractivity contribution < 1.29 is 9.53 Å². The molecular weight excluding hydrogens is 311 g/mol. The molecule has 0 aliphatic carbocycles. The monoisotopic (exact) mass is 326 g/mol. The van der Waals surface area contributed by atoms with Crippen molar-refractivity contribution in [3.8, 4) is 0 Å². The van der Waals surface area contributed by atoms with Crippen LogP contribution in [0.15, 0.2) is 12.1 Å². The lowest BCUT2D eigenvalue weighted by Crippen LogP contribution is -2.37. The average Bonchev–Trinajstić information content (AvgIpc) is 2.32. The zero-order valence-corrected chi connectivity index (χ0v) is 13.1. The van der Waals surface area contributed by atoms with Gasteiger partial charge < -0.3 is 10.5 Å². The van der Waals surface area contributed by atoms with Crippen molar-refractivity contribution in [3.05, 3.63) is 28.0 Å². The zero-order chi connectivity index (χ0) is 13.7. The predicted octanol–water partition coefficient (Wildman–Crippen LogP) is 3.23. The van der Waals surface area contributed by atoms with Crippen molar-refractivity contribution >= 4 is 41.6 Å². The van der Waals surface area contributed by atoms with Gasteiger partial charge in [0.05, 0.1) is 0 Å². The van der Waals surface area contributed by atoms with Gasteiger partial charge in [0.2, 0.25) is 0 Å². The van der Waals surface area contributed by atoms with Crippen LogP contribution in [0.4, 0.5) is 0 Å². The third kappa shape index (κ3) is 5.95. The van der Waals surface area contributed by atoms with E-state index in [1.54, 1.807) is 12.1 Å². The van der Waals surface area contributed by atoms with Gasteiger partial charge in [-0.05, 0) is 23.6 Å². The van der Waals surface area contributed by atoms with Crippen LogP contribution in [0.25, 0.3) is 0 Å². The fourth-order valence-electron chi connectivity index (χ4n) is 1.33. The van der Waals surface area contributed by atoms with Crippen LogP contribution in [0.2, 0.25) is 10.3 Å². The first kappa shape index (κ1) is 18.4. The minimum atomic E-state index is -0.609. The van der Waals surface area contributed by atoms with Crippen molar-refractivity contribution in [2.24, 2.45) is 11.7 Å². The number of hydrogen-bond acceptors (Lipinski definition) is 4. The number of ether oxygens (including phenoxy) is 1. The van der Waals surface area contributed by atoms with Crippen LogP contribution in [-0.4, -0.2) is 17.0 Å². The summed E-state index contributed by atoms with van der Waals surface area (Å²) >= 11 is 11.5. The molecule has 19 heavy (non-hydrogen) atoms. The number of nitrogens with two attached hydrogens (primary N) is 1. The second kappa shape index (κ2) is 8.59. The Hall–Kier alpha value is -0.550. The highest BCUT2D eigenvalue weighted by molar-refractivity contribution is 6.32. The Morgan fingerprint density at radius 1 is 1.42 bits per heavy atom. The van der Waals surface area contributed by atoms with Crippen molar-refractivity contribution in [2.75, 3.05) is 0 Å². The van der Waals surface area contributed by atoms with E-state index in [2.05, 4.69) is 4.98 Å². The summed E-state index contributed by atoms with van der Waals surface area (Å²) in [7, 11) is 0. The second-order valence-corrected chi connectivity index (χ2v) is 4.91.